The van der Waals surface area contributed by atoms with Crippen molar-refractivity contribution in [2.75, 3.05) is 86.2 Å². The molecule has 0 aromatic heterocycles. The molecule has 17 heteroatoms. The first-order valence-corrected chi connectivity index (χ1v) is 24.0. The standard InChI is InChI=1S/C45H82N4O13.C2H6/c1-3-40(50)38(49-43(53)21-16-14-12-10-8-6-4-5-7-9-11-13-15-17-22-44(54)55)23-24-41(51)48-27-29-59-31-33-61-35-37-62-36-34-60-32-30-58-28-25-42(52)47-26-19-18-20-39(46-2)45(56)57;1-2/h38-39,46,50H,1,4-37H2,2H3,(H,47,52)(H,48,51)(H,49,53)(H,54,55)(H,56,57);1-2H3/t38?,39-;/m0./s1. The molecule has 64 heavy (non-hydrogen) atoms. The van der Waals surface area contributed by atoms with Crippen molar-refractivity contribution in [1.82, 2.24) is 21.3 Å². The van der Waals surface area contributed by atoms with Crippen molar-refractivity contribution in [2.24, 2.45) is 0 Å². The molecule has 7 N–H and O–H groups in total. The van der Waals surface area contributed by atoms with E-state index in [4.69, 9.17) is 33.9 Å². The van der Waals surface area contributed by atoms with Crippen LogP contribution in [0.3, 0.4) is 0 Å². The molecule has 0 fully saturated rings. The maximum atomic E-state index is 12.5. The third kappa shape index (κ3) is 45.0. The second-order valence-electron chi connectivity index (χ2n) is 15.3. The highest BCUT2D eigenvalue weighted by Gasteiger charge is 2.18. The van der Waals surface area contributed by atoms with Gasteiger partial charge >= 0.3 is 11.9 Å². The molecular weight excluding hydrogens is 829 g/mol. The van der Waals surface area contributed by atoms with Crippen LogP contribution in [0.4, 0.5) is 0 Å². The molecule has 17 nitrogen and oxygen atoms in total. The van der Waals surface area contributed by atoms with E-state index in [2.05, 4.69) is 33.6 Å². The van der Waals surface area contributed by atoms with Crippen LogP contribution in [0.2, 0.25) is 0 Å². The summed E-state index contributed by atoms with van der Waals surface area (Å²) in [5.74, 6) is -2.26. The van der Waals surface area contributed by atoms with E-state index in [1.54, 1.807) is 7.05 Å². The van der Waals surface area contributed by atoms with E-state index in [9.17, 15) is 29.1 Å². The number of hydrogen-bond donors (Lipinski definition) is 7. The minimum atomic E-state index is -0.874. The fourth-order valence-electron chi connectivity index (χ4n) is 6.30. The average molecular weight is 917 g/mol. The Bertz CT molecular complexity index is 1200. The summed E-state index contributed by atoms with van der Waals surface area (Å²) in [5, 5.41) is 39.0. The molecule has 0 aliphatic heterocycles. The molecule has 0 bridgehead atoms. The molecule has 0 saturated heterocycles. The molecule has 0 aliphatic carbocycles. The molecule has 0 aromatic carbocycles. The number of aliphatic carboxylic acids is 2. The number of carboxylic acid groups (broad SMARTS) is 2. The summed E-state index contributed by atoms with van der Waals surface area (Å²) in [7, 11) is 1.62. The number of likely N-dealkylation sites (N-methyl/N-ethyl adjacent to an activating group) is 1. The Balaban J connectivity index is 0. The lowest BCUT2D eigenvalue weighted by Crippen LogP contribution is -2.37. The van der Waals surface area contributed by atoms with Gasteiger partial charge in [0.05, 0.1) is 72.1 Å². The SMILES string of the molecule is C=C=C(O)C(CCC(=O)NCCOCCOCCOCCOCCOCCC(=O)NCCCC[C@H](NC)C(=O)O)NC(=O)CCCCCCCCCCCCCCCCC(=O)O.CC. The Morgan fingerprint density at radius 3 is 1.34 bits per heavy atom. The van der Waals surface area contributed by atoms with E-state index in [0.29, 0.717) is 105 Å². The van der Waals surface area contributed by atoms with Gasteiger partial charge in [-0.3, -0.25) is 24.0 Å². The van der Waals surface area contributed by atoms with Crippen LogP contribution in [0, 0.1) is 0 Å². The molecule has 374 valence electrons. The maximum absolute atomic E-state index is 12.5. The van der Waals surface area contributed by atoms with E-state index < -0.39 is 24.0 Å². The van der Waals surface area contributed by atoms with Crippen molar-refractivity contribution in [2.45, 2.75) is 167 Å². The van der Waals surface area contributed by atoms with Gasteiger partial charge in [0.2, 0.25) is 17.7 Å². The number of aliphatic hydroxyl groups excluding tert-OH is 1. The Hall–Kier alpha value is -3.57. The lowest BCUT2D eigenvalue weighted by atomic mass is 10.0. The number of nitrogens with one attached hydrogen (secondary N) is 4. The summed E-state index contributed by atoms with van der Waals surface area (Å²) < 4.78 is 27.3. The second-order valence-corrected chi connectivity index (χ2v) is 15.3. The maximum Gasteiger partial charge on any atom is 0.320 e. The van der Waals surface area contributed by atoms with Crippen LogP contribution >= 0.6 is 0 Å². The molecule has 0 aromatic rings. The molecule has 0 rings (SSSR count). The zero-order valence-electron chi connectivity index (χ0n) is 39.8. The van der Waals surface area contributed by atoms with E-state index >= 15 is 0 Å². The third-order valence-electron chi connectivity index (χ3n) is 9.97. The minimum Gasteiger partial charge on any atom is -0.503 e. The number of amides is 3. The number of aliphatic hydroxyl groups is 1. The van der Waals surface area contributed by atoms with Gasteiger partial charge in [0.1, 0.15) is 6.04 Å². The third-order valence-corrected chi connectivity index (χ3v) is 9.97. The van der Waals surface area contributed by atoms with Gasteiger partial charge in [0, 0.05) is 38.8 Å². The summed E-state index contributed by atoms with van der Waals surface area (Å²) in [6.45, 7) is 12.0. The number of carbonyl (C=O) groups excluding carboxylic acids is 3. The van der Waals surface area contributed by atoms with Gasteiger partial charge in [-0.2, -0.15) is 0 Å². The molecule has 0 saturated carbocycles. The second kappa shape index (κ2) is 48.9. The smallest absolute Gasteiger partial charge is 0.320 e. The molecule has 1 unspecified atom stereocenters. The molecule has 0 spiro atoms. The highest BCUT2D eigenvalue weighted by atomic mass is 16.6. The van der Waals surface area contributed by atoms with Crippen LogP contribution in [0.15, 0.2) is 18.1 Å². The number of carboxylic acids is 2. The lowest BCUT2D eigenvalue weighted by molar-refractivity contribution is -0.139. The average Bonchev–Trinajstić information content (AvgIpc) is 3.28. The minimum absolute atomic E-state index is 0.105. The number of hydrogen-bond acceptors (Lipinski definition) is 12. The summed E-state index contributed by atoms with van der Waals surface area (Å²) in [6, 6.07) is -1.29. The molecule has 0 heterocycles. The van der Waals surface area contributed by atoms with Gasteiger partial charge in [-0.1, -0.05) is 103 Å². The van der Waals surface area contributed by atoms with Crippen LogP contribution in [0.1, 0.15) is 155 Å². The van der Waals surface area contributed by atoms with Gasteiger partial charge < -0.3 is 60.3 Å². The first-order chi connectivity index (χ1) is 31.1. The summed E-state index contributed by atoms with van der Waals surface area (Å²) in [4.78, 5) is 58.2. The first kappa shape index (κ1) is 62.5. The fourth-order valence-corrected chi connectivity index (χ4v) is 6.30. The molecule has 2 atom stereocenters. The molecule has 3 amide bonds. The van der Waals surface area contributed by atoms with Crippen molar-refractivity contribution in [3.8, 4) is 0 Å². The predicted molar refractivity (Wildman–Crippen MR) is 248 cm³/mol. The normalized spacial score (nSPS) is 11.7. The largest absolute Gasteiger partial charge is 0.503 e. The van der Waals surface area contributed by atoms with Crippen LogP contribution in [0.5, 0.6) is 0 Å². The predicted octanol–water partition coefficient (Wildman–Crippen LogP) is 6.38. The zero-order valence-corrected chi connectivity index (χ0v) is 39.8. The van der Waals surface area contributed by atoms with Crippen molar-refractivity contribution >= 4 is 29.7 Å². The van der Waals surface area contributed by atoms with E-state index in [1.165, 1.54) is 44.9 Å². The van der Waals surface area contributed by atoms with Crippen LogP contribution in [-0.2, 0) is 47.7 Å². The topological polar surface area (TPSA) is 240 Å². The highest BCUT2D eigenvalue weighted by Crippen LogP contribution is 2.14. The lowest BCUT2D eigenvalue weighted by Gasteiger charge is -2.17. The van der Waals surface area contributed by atoms with Gasteiger partial charge in [0.25, 0.3) is 0 Å². The summed E-state index contributed by atoms with van der Waals surface area (Å²) in [5.41, 5.74) is 2.43. The summed E-state index contributed by atoms with van der Waals surface area (Å²) >= 11 is 0. The fraction of sp³-hybridized carbons (Fsp3) is 0.830. The molecule has 0 aliphatic rings. The van der Waals surface area contributed by atoms with Crippen molar-refractivity contribution in [3.63, 3.8) is 0 Å². The number of ether oxygens (including phenoxy) is 5. The Kier molecular flexibility index (Phi) is 47.7. The Morgan fingerprint density at radius 1 is 0.469 bits per heavy atom. The first-order valence-electron chi connectivity index (χ1n) is 24.0. The Morgan fingerprint density at radius 2 is 0.891 bits per heavy atom. The number of carbonyl (C=O) groups is 5. The van der Waals surface area contributed by atoms with Gasteiger partial charge in [0.15, 0.2) is 5.76 Å². The van der Waals surface area contributed by atoms with Gasteiger partial charge in [-0.05, 0) is 45.6 Å². The van der Waals surface area contributed by atoms with Crippen molar-refractivity contribution in [3.05, 3.63) is 18.1 Å². The van der Waals surface area contributed by atoms with Gasteiger partial charge in [-0.25, -0.2) is 0 Å². The quantitative estimate of drug-likeness (QED) is 0.0199. The van der Waals surface area contributed by atoms with E-state index in [0.717, 1.165) is 44.9 Å². The van der Waals surface area contributed by atoms with Crippen molar-refractivity contribution < 1.29 is 63.0 Å². The number of rotatable bonds is 47. The molecule has 0 radical (unpaired) electrons. The van der Waals surface area contributed by atoms with Crippen LogP contribution in [0.25, 0.3) is 0 Å². The van der Waals surface area contributed by atoms with E-state index in [1.807, 2.05) is 13.8 Å². The molecular formula is C47H88N4O13. The highest BCUT2D eigenvalue weighted by molar-refractivity contribution is 5.78. The monoisotopic (exact) mass is 917 g/mol. The number of unbranched alkanes of at least 4 members (excludes halogenated alkanes) is 14. The van der Waals surface area contributed by atoms with Gasteiger partial charge in [-0.15, -0.1) is 0 Å². The summed E-state index contributed by atoms with van der Waals surface area (Å²) in [6.07, 6.45) is 18.6. The van der Waals surface area contributed by atoms with Crippen molar-refractivity contribution in [1.29, 1.82) is 0 Å². The zero-order chi connectivity index (χ0) is 47.7. The van der Waals surface area contributed by atoms with E-state index in [-0.39, 0.29) is 49.2 Å². The van der Waals surface area contributed by atoms with Crippen LogP contribution < -0.4 is 21.3 Å². The van der Waals surface area contributed by atoms with Crippen LogP contribution in [-0.4, -0.2) is 143 Å². The Labute approximate surface area is 384 Å².